The largest absolute Gasteiger partial charge is 0.493 e. The molecule has 1 saturated carbocycles. The summed E-state index contributed by atoms with van der Waals surface area (Å²) in [4.78, 5) is 0. The van der Waals surface area contributed by atoms with Crippen molar-refractivity contribution in [3.8, 4) is 5.75 Å². The first-order valence-electron chi connectivity index (χ1n) is 6.55. The maximum atomic E-state index is 12.0. The number of alkyl halides is 3. The van der Waals surface area contributed by atoms with Crippen molar-refractivity contribution in [1.29, 1.82) is 0 Å². The maximum Gasteiger partial charge on any atom is 0.389 e. The number of ether oxygens (including phenoxy) is 1. The zero-order valence-electron chi connectivity index (χ0n) is 10.7. The highest BCUT2D eigenvalue weighted by molar-refractivity contribution is 5.33. The molecule has 0 aromatic heterocycles. The van der Waals surface area contributed by atoms with E-state index in [1.807, 2.05) is 18.2 Å². The first-order chi connectivity index (χ1) is 9.04. The molecule has 2 rings (SSSR count). The van der Waals surface area contributed by atoms with E-state index in [9.17, 15) is 13.2 Å². The third kappa shape index (κ3) is 5.51. The molecule has 0 saturated heterocycles. The molecule has 1 aliphatic rings. The fraction of sp³-hybridized carbons (Fsp3) is 0.571. The van der Waals surface area contributed by atoms with Crippen LogP contribution < -0.4 is 10.1 Å². The minimum absolute atomic E-state index is 0.00606. The summed E-state index contributed by atoms with van der Waals surface area (Å²) >= 11 is 0. The van der Waals surface area contributed by atoms with Gasteiger partial charge in [-0.05, 0) is 25.3 Å². The van der Waals surface area contributed by atoms with E-state index in [0.29, 0.717) is 18.3 Å². The molecule has 1 aromatic carbocycles. The molecule has 0 aliphatic heterocycles. The van der Waals surface area contributed by atoms with Gasteiger partial charge in [0, 0.05) is 24.6 Å². The van der Waals surface area contributed by atoms with Crippen molar-refractivity contribution >= 4 is 0 Å². The van der Waals surface area contributed by atoms with E-state index in [1.54, 1.807) is 6.07 Å². The summed E-state index contributed by atoms with van der Waals surface area (Å²) in [5, 5.41) is 3.37. The number of halogens is 3. The van der Waals surface area contributed by atoms with Gasteiger partial charge < -0.3 is 10.1 Å². The first-order valence-corrected chi connectivity index (χ1v) is 6.55. The lowest BCUT2D eigenvalue weighted by Crippen LogP contribution is -2.16. The molecule has 1 fully saturated rings. The van der Waals surface area contributed by atoms with Gasteiger partial charge in [0.05, 0.1) is 6.61 Å². The molecular formula is C14H18F3NO. The highest BCUT2D eigenvalue weighted by Crippen LogP contribution is 2.24. The number of rotatable bonds is 7. The maximum absolute atomic E-state index is 12.0. The Morgan fingerprint density at radius 1 is 1.21 bits per heavy atom. The summed E-state index contributed by atoms with van der Waals surface area (Å²) in [6, 6.07) is 8.08. The van der Waals surface area contributed by atoms with E-state index in [4.69, 9.17) is 4.74 Å². The number of para-hydroxylation sites is 1. The number of hydrogen-bond donors (Lipinski definition) is 1. The summed E-state index contributed by atoms with van der Waals surface area (Å²) in [6.45, 7) is 0.806. The van der Waals surface area contributed by atoms with Crippen molar-refractivity contribution in [2.75, 3.05) is 6.61 Å². The van der Waals surface area contributed by atoms with Crippen molar-refractivity contribution < 1.29 is 17.9 Å². The van der Waals surface area contributed by atoms with Crippen molar-refractivity contribution in [3.05, 3.63) is 29.8 Å². The van der Waals surface area contributed by atoms with Crippen LogP contribution in [0.4, 0.5) is 13.2 Å². The molecule has 0 radical (unpaired) electrons. The van der Waals surface area contributed by atoms with Gasteiger partial charge in [-0.1, -0.05) is 18.2 Å². The zero-order valence-corrected chi connectivity index (χ0v) is 10.7. The smallest absolute Gasteiger partial charge is 0.389 e. The van der Waals surface area contributed by atoms with E-state index in [-0.39, 0.29) is 13.0 Å². The van der Waals surface area contributed by atoms with Gasteiger partial charge in [0.2, 0.25) is 0 Å². The molecule has 0 atom stereocenters. The summed E-state index contributed by atoms with van der Waals surface area (Å²) in [5.41, 5.74) is 1.00. The Hall–Kier alpha value is -1.23. The van der Waals surface area contributed by atoms with Crippen molar-refractivity contribution in [1.82, 2.24) is 5.32 Å². The molecule has 1 aliphatic carbocycles. The standard InChI is InChI=1S/C14H18F3NO/c15-14(16,17)8-3-9-19-13-5-2-1-4-11(13)10-18-12-6-7-12/h1-2,4-5,12,18H,3,6-10H2. The SMILES string of the molecule is FC(F)(F)CCCOc1ccccc1CNC1CC1. The van der Waals surface area contributed by atoms with Gasteiger partial charge >= 0.3 is 6.18 Å². The van der Waals surface area contributed by atoms with Crippen LogP contribution >= 0.6 is 0 Å². The van der Waals surface area contributed by atoms with Crippen LogP contribution in [0.2, 0.25) is 0 Å². The van der Waals surface area contributed by atoms with Crippen molar-refractivity contribution in [2.45, 2.75) is 44.4 Å². The average molecular weight is 273 g/mol. The molecular weight excluding hydrogens is 255 g/mol. The Balaban J connectivity index is 1.77. The van der Waals surface area contributed by atoms with Gasteiger partial charge in [0.15, 0.2) is 0 Å². The predicted octanol–water partition coefficient (Wildman–Crippen LogP) is 3.66. The lowest BCUT2D eigenvalue weighted by atomic mass is 10.2. The highest BCUT2D eigenvalue weighted by atomic mass is 19.4. The molecule has 1 aromatic rings. The van der Waals surface area contributed by atoms with Gasteiger partial charge in [-0.15, -0.1) is 0 Å². The van der Waals surface area contributed by atoms with Crippen molar-refractivity contribution in [3.63, 3.8) is 0 Å². The minimum atomic E-state index is -4.10. The van der Waals surface area contributed by atoms with Crippen LogP contribution in [0.25, 0.3) is 0 Å². The van der Waals surface area contributed by atoms with Crippen LogP contribution in [0.1, 0.15) is 31.2 Å². The molecule has 106 valence electrons. The quantitative estimate of drug-likeness (QED) is 0.765. The number of nitrogens with one attached hydrogen (secondary N) is 1. The van der Waals surface area contributed by atoms with Crippen LogP contribution in [0.3, 0.4) is 0 Å². The van der Waals surface area contributed by atoms with Gasteiger partial charge in [-0.25, -0.2) is 0 Å². The molecule has 19 heavy (non-hydrogen) atoms. The second-order valence-electron chi connectivity index (χ2n) is 4.83. The second kappa shape index (κ2) is 6.28. The topological polar surface area (TPSA) is 21.3 Å². The normalized spacial score (nSPS) is 15.5. The Morgan fingerprint density at radius 3 is 2.63 bits per heavy atom. The average Bonchev–Trinajstić information content (AvgIpc) is 3.16. The second-order valence-corrected chi connectivity index (χ2v) is 4.83. The summed E-state index contributed by atoms with van der Waals surface area (Å²) in [7, 11) is 0. The Labute approximate surface area is 111 Å². The third-order valence-electron chi connectivity index (χ3n) is 2.99. The van der Waals surface area contributed by atoms with Crippen LogP contribution in [-0.4, -0.2) is 18.8 Å². The molecule has 0 amide bonds. The monoisotopic (exact) mass is 273 g/mol. The molecule has 2 nitrogen and oxygen atoms in total. The predicted molar refractivity (Wildman–Crippen MR) is 67.1 cm³/mol. The van der Waals surface area contributed by atoms with E-state index in [2.05, 4.69) is 5.32 Å². The van der Waals surface area contributed by atoms with E-state index in [0.717, 1.165) is 5.56 Å². The van der Waals surface area contributed by atoms with Crippen LogP contribution in [0, 0.1) is 0 Å². The fourth-order valence-corrected chi connectivity index (χ4v) is 1.79. The van der Waals surface area contributed by atoms with Crippen LogP contribution in [0.15, 0.2) is 24.3 Å². The van der Waals surface area contributed by atoms with E-state index < -0.39 is 12.6 Å². The molecule has 0 heterocycles. The number of hydrogen-bond acceptors (Lipinski definition) is 2. The molecule has 0 bridgehead atoms. The molecule has 5 heteroatoms. The molecule has 0 spiro atoms. The van der Waals surface area contributed by atoms with Crippen molar-refractivity contribution in [2.24, 2.45) is 0 Å². The Bertz CT molecular complexity index is 402. The van der Waals surface area contributed by atoms with Gasteiger partial charge in [-0.2, -0.15) is 13.2 Å². The molecule has 0 unspecified atom stereocenters. The fourth-order valence-electron chi connectivity index (χ4n) is 1.79. The van der Waals surface area contributed by atoms with Gasteiger partial charge in [0.25, 0.3) is 0 Å². The Kier molecular flexibility index (Phi) is 4.69. The van der Waals surface area contributed by atoms with Crippen LogP contribution in [0.5, 0.6) is 5.75 Å². The number of benzene rings is 1. The highest BCUT2D eigenvalue weighted by Gasteiger charge is 2.26. The summed E-state index contributed by atoms with van der Waals surface area (Å²) < 4.78 is 41.5. The minimum Gasteiger partial charge on any atom is -0.493 e. The zero-order chi connectivity index (χ0) is 13.7. The third-order valence-corrected chi connectivity index (χ3v) is 2.99. The van der Waals surface area contributed by atoms with Crippen LogP contribution in [-0.2, 0) is 6.54 Å². The summed E-state index contributed by atoms with van der Waals surface area (Å²) in [5.74, 6) is 0.679. The first kappa shape index (κ1) is 14.2. The lowest BCUT2D eigenvalue weighted by Gasteiger charge is -2.12. The van der Waals surface area contributed by atoms with Gasteiger partial charge in [-0.3, -0.25) is 0 Å². The van der Waals surface area contributed by atoms with E-state index in [1.165, 1.54) is 12.8 Å². The molecule has 1 N–H and O–H groups in total. The van der Waals surface area contributed by atoms with Gasteiger partial charge in [0.1, 0.15) is 5.75 Å². The summed E-state index contributed by atoms with van der Waals surface area (Å²) in [6.07, 6.45) is -2.50. The Morgan fingerprint density at radius 2 is 1.95 bits per heavy atom. The van der Waals surface area contributed by atoms with E-state index >= 15 is 0 Å². The lowest BCUT2D eigenvalue weighted by molar-refractivity contribution is -0.136.